The van der Waals surface area contributed by atoms with E-state index in [1.54, 1.807) is 4.90 Å². The van der Waals surface area contributed by atoms with Crippen LogP contribution < -0.4 is 5.32 Å². The molecule has 1 aromatic heterocycles. The molecular weight excluding hydrogens is 228 g/mol. The summed E-state index contributed by atoms with van der Waals surface area (Å²) >= 11 is 0. The Morgan fingerprint density at radius 2 is 1.89 bits per heavy atom. The maximum Gasteiger partial charge on any atom is 0.239 e. The normalized spacial score (nSPS) is 14.6. The Labute approximate surface area is 109 Å². The minimum Gasteiger partial charge on any atom is -0.465 e. The van der Waals surface area contributed by atoms with Crippen LogP contribution in [0, 0.1) is 6.92 Å². The van der Waals surface area contributed by atoms with E-state index in [1.807, 2.05) is 53.8 Å². The average molecular weight is 252 g/mol. The number of nitrogens with one attached hydrogen (secondary N) is 1. The van der Waals surface area contributed by atoms with E-state index in [0.29, 0.717) is 0 Å². The molecule has 0 saturated heterocycles. The summed E-state index contributed by atoms with van der Waals surface area (Å²) < 4.78 is 5.55. The number of carbonyl (C=O) groups excluding carboxylic acids is 1. The molecule has 1 aromatic rings. The zero-order valence-corrected chi connectivity index (χ0v) is 12.2. The van der Waals surface area contributed by atoms with Gasteiger partial charge in [-0.25, -0.2) is 0 Å². The van der Waals surface area contributed by atoms with Crippen LogP contribution in [-0.2, 0) is 4.79 Å². The Hall–Kier alpha value is -1.29. The second-order valence-electron chi connectivity index (χ2n) is 5.10. The van der Waals surface area contributed by atoms with E-state index in [4.69, 9.17) is 4.42 Å². The molecule has 4 heteroatoms. The highest BCUT2D eigenvalue weighted by Gasteiger charge is 2.22. The third kappa shape index (κ3) is 3.60. The first-order valence-corrected chi connectivity index (χ1v) is 6.42. The number of hydrogen-bond donors (Lipinski definition) is 1. The summed E-state index contributed by atoms with van der Waals surface area (Å²) in [6, 6.07) is 3.88. The van der Waals surface area contributed by atoms with Gasteiger partial charge in [-0.05, 0) is 46.8 Å². The van der Waals surface area contributed by atoms with Crippen molar-refractivity contribution in [3.05, 3.63) is 23.7 Å². The summed E-state index contributed by atoms with van der Waals surface area (Å²) in [4.78, 5) is 13.8. The Kier molecular flexibility index (Phi) is 4.96. The first-order valence-electron chi connectivity index (χ1n) is 6.42. The SMILES string of the molecule is Cc1ccc([C@@H](C)N[C@@H](C)C(=O)N(C)C(C)C)o1. The van der Waals surface area contributed by atoms with Gasteiger partial charge in [-0.15, -0.1) is 0 Å². The number of furan rings is 1. The lowest BCUT2D eigenvalue weighted by molar-refractivity contribution is -0.133. The van der Waals surface area contributed by atoms with Crippen LogP contribution in [-0.4, -0.2) is 29.9 Å². The summed E-state index contributed by atoms with van der Waals surface area (Å²) in [6.07, 6.45) is 0. The average Bonchev–Trinajstić information content (AvgIpc) is 2.73. The summed E-state index contributed by atoms with van der Waals surface area (Å²) in [5, 5.41) is 3.26. The zero-order valence-electron chi connectivity index (χ0n) is 12.2. The van der Waals surface area contributed by atoms with Crippen LogP contribution in [0.3, 0.4) is 0 Å². The number of carbonyl (C=O) groups is 1. The number of rotatable bonds is 5. The Morgan fingerprint density at radius 3 is 2.33 bits per heavy atom. The molecule has 1 heterocycles. The molecule has 1 rings (SSSR count). The molecule has 0 saturated carbocycles. The van der Waals surface area contributed by atoms with Gasteiger partial charge in [0.25, 0.3) is 0 Å². The Bertz CT molecular complexity index is 398. The van der Waals surface area contributed by atoms with Crippen LogP contribution in [0.15, 0.2) is 16.5 Å². The summed E-state index contributed by atoms with van der Waals surface area (Å²) in [6.45, 7) is 9.80. The predicted octanol–water partition coefficient (Wildman–Crippen LogP) is 2.49. The fraction of sp³-hybridized carbons (Fsp3) is 0.643. The second kappa shape index (κ2) is 6.05. The van der Waals surface area contributed by atoms with E-state index in [2.05, 4.69) is 5.32 Å². The molecular formula is C14H24N2O2. The molecule has 0 bridgehead atoms. The standard InChI is InChI=1S/C14H24N2O2/c1-9(2)16(6)14(17)12(5)15-11(4)13-8-7-10(3)18-13/h7-9,11-12,15H,1-6H3/t11-,12+/m1/s1. The second-order valence-corrected chi connectivity index (χ2v) is 5.10. The van der Waals surface area contributed by atoms with Gasteiger partial charge in [-0.1, -0.05) is 0 Å². The van der Waals surface area contributed by atoms with E-state index in [9.17, 15) is 4.79 Å². The van der Waals surface area contributed by atoms with Crippen molar-refractivity contribution in [2.75, 3.05) is 7.05 Å². The lowest BCUT2D eigenvalue weighted by Gasteiger charge is -2.27. The molecule has 0 aliphatic rings. The number of amides is 1. The minimum atomic E-state index is -0.224. The molecule has 0 aliphatic heterocycles. The van der Waals surface area contributed by atoms with Gasteiger partial charge in [0.1, 0.15) is 11.5 Å². The third-order valence-corrected chi connectivity index (χ3v) is 3.18. The topological polar surface area (TPSA) is 45.5 Å². The van der Waals surface area contributed by atoms with Gasteiger partial charge < -0.3 is 9.32 Å². The van der Waals surface area contributed by atoms with Gasteiger partial charge in [0.05, 0.1) is 12.1 Å². The van der Waals surface area contributed by atoms with Gasteiger partial charge in [0, 0.05) is 13.1 Å². The van der Waals surface area contributed by atoms with Gasteiger partial charge in [0.2, 0.25) is 5.91 Å². The van der Waals surface area contributed by atoms with Gasteiger partial charge in [-0.3, -0.25) is 10.1 Å². The van der Waals surface area contributed by atoms with Crippen LogP contribution in [0.4, 0.5) is 0 Å². The molecule has 0 aromatic carbocycles. The number of hydrogen-bond acceptors (Lipinski definition) is 3. The maximum absolute atomic E-state index is 12.1. The van der Waals surface area contributed by atoms with Crippen molar-refractivity contribution < 1.29 is 9.21 Å². The van der Waals surface area contributed by atoms with Gasteiger partial charge in [-0.2, -0.15) is 0 Å². The van der Waals surface area contributed by atoms with Crippen molar-refractivity contribution in [1.82, 2.24) is 10.2 Å². The van der Waals surface area contributed by atoms with Gasteiger partial charge in [0.15, 0.2) is 0 Å². The van der Waals surface area contributed by atoms with Crippen molar-refractivity contribution >= 4 is 5.91 Å². The molecule has 102 valence electrons. The fourth-order valence-electron chi connectivity index (χ4n) is 1.77. The lowest BCUT2D eigenvalue weighted by atomic mass is 10.2. The highest BCUT2D eigenvalue weighted by atomic mass is 16.3. The molecule has 1 N–H and O–H groups in total. The van der Waals surface area contributed by atoms with Crippen molar-refractivity contribution in [2.45, 2.75) is 52.7 Å². The van der Waals surface area contributed by atoms with E-state index in [0.717, 1.165) is 11.5 Å². The minimum absolute atomic E-state index is 0.0261. The highest BCUT2D eigenvalue weighted by Crippen LogP contribution is 2.16. The van der Waals surface area contributed by atoms with Crippen molar-refractivity contribution in [2.24, 2.45) is 0 Å². The molecule has 0 radical (unpaired) electrons. The number of aryl methyl sites for hydroxylation is 1. The number of likely N-dealkylation sites (N-methyl/N-ethyl adjacent to an activating group) is 1. The van der Waals surface area contributed by atoms with E-state index < -0.39 is 0 Å². The third-order valence-electron chi connectivity index (χ3n) is 3.18. The largest absolute Gasteiger partial charge is 0.465 e. The van der Waals surface area contributed by atoms with Crippen LogP contribution >= 0.6 is 0 Å². The molecule has 18 heavy (non-hydrogen) atoms. The summed E-state index contributed by atoms with van der Waals surface area (Å²) in [5.74, 6) is 1.84. The molecule has 0 fully saturated rings. The van der Waals surface area contributed by atoms with Crippen LogP contribution in [0.1, 0.15) is 45.3 Å². The molecule has 0 unspecified atom stereocenters. The van der Waals surface area contributed by atoms with Crippen LogP contribution in [0.2, 0.25) is 0 Å². The Balaban J connectivity index is 2.59. The maximum atomic E-state index is 12.1. The van der Waals surface area contributed by atoms with Crippen LogP contribution in [0.25, 0.3) is 0 Å². The smallest absolute Gasteiger partial charge is 0.239 e. The first kappa shape index (κ1) is 14.8. The number of nitrogens with zero attached hydrogens (tertiary/aromatic N) is 1. The first-order chi connectivity index (χ1) is 8.32. The molecule has 0 spiro atoms. The highest BCUT2D eigenvalue weighted by molar-refractivity contribution is 5.81. The van der Waals surface area contributed by atoms with Crippen molar-refractivity contribution in [3.63, 3.8) is 0 Å². The zero-order chi connectivity index (χ0) is 13.9. The predicted molar refractivity (Wildman–Crippen MR) is 72.4 cm³/mol. The van der Waals surface area contributed by atoms with E-state index in [1.165, 1.54) is 0 Å². The van der Waals surface area contributed by atoms with E-state index >= 15 is 0 Å². The quantitative estimate of drug-likeness (QED) is 0.875. The van der Waals surface area contributed by atoms with Crippen molar-refractivity contribution in [3.8, 4) is 0 Å². The monoisotopic (exact) mass is 252 g/mol. The Morgan fingerprint density at radius 1 is 1.28 bits per heavy atom. The lowest BCUT2D eigenvalue weighted by Crippen LogP contribution is -2.46. The fourth-order valence-corrected chi connectivity index (χ4v) is 1.77. The van der Waals surface area contributed by atoms with Crippen LogP contribution in [0.5, 0.6) is 0 Å². The molecule has 0 aliphatic carbocycles. The summed E-state index contributed by atoms with van der Waals surface area (Å²) in [7, 11) is 1.83. The summed E-state index contributed by atoms with van der Waals surface area (Å²) in [5.41, 5.74) is 0. The molecule has 2 atom stereocenters. The molecule has 4 nitrogen and oxygen atoms in total. The van der Waals surface area contributed by atoms with E-state index in [-0.39, 0.29) is 24.0 Å². The van der Waals surface area contributed by atoms with Gasteiger partial charge >= 0.3 is 0 Å². The van der Waals surface area contributed by atoms with Crippen molar-refractivity contribution in [1.29, 1.82) is 0 Å². The molecule has 1 amide bonds.